The number of rotatable bonds is 3. The van der Waals surface area contributed by atoms with Gasteiger partial charge in [-0.25, -0.2) is 13.6 Å². The number of nitrogens with one attached hydrogen (secondary N) is 1. The van der Waals surface area contributed by atoms with Gasteiger partial charge < -0.3 is 10.1 Å². The van der Waals surface area contributed by atoms with E-state index in [2.05, 4.69) is 9.98 Å². The molecule has 3 rings (SSSR count). The number of aromatic nitrogens is 1. The summed E-state index contributed by atoms with van der Waals surface area (Å²) in [6.07, 6.45) is 1.54. The van der Waals surface area contributed by atoms with Crippen LogP contribution in [0.15, 0.2) is 52.4 Å². The average Bonchev–Trinajstić information content (AvgIpc) is 2.82. The van der Waals surface area contributed by atoms with Gasteiger partial charge in [-0.15, -0.1) is 0 Å². The van der Waals surface area contributed by atoms with E-state index in [0.29, 0.717) is 11.3 Å². The highest BCUT2D eigenvalue weighted by Gasteiger charge is 2.10. The molecular formula is C16H15N3O3S. The second-order valence-electron chi connectivity index (χ2n) is 5.18. The number of fused-ring (bicyclic) bond motifs is 1. The van der Waals surface area contributed by atoms with Crippen molar-refractivity contribution in [3.05, 3.63) is 53.6 Å². The van der Waals surface area contributed by atoms with Gasteiger partial charge in [-0.05, 0) is 36.8 Å². The molecule has 4 N–H and O–H groups in total. The molecule has 0 aliphatic carbocycles. The summed E-state index contributed by atoms with van der Waals surface area (Å²) in [7, 11) is -3.71. The molecule has 118 valence electrons. The molecule has 23 heavy (non-hydrogen) atoms. The highest BCUT2D eigenvalue weighted by Crippen LogP contribution is 2.28. The fourth-order valence-corrected chi connectivity index (χ4v) is 2.88. The fourth-order valence-electron chi connectivity index (χ4n) is 2.36. The van der Waals surface area contributed by atoms with Crippen molar-refractivity contribution in [2.45, 2.75) is 11.8 Å². The van der Waals surface area contributed by atoms with E-state index in [1.54, 1.807) is 18.3 Å². The summed E-state index contributed by atoms with van der Waals surface area (Å²) >= 11 is 0. The van der Waals surface area contributed by atoms with E-state index in [-0.39, 0.29) is 10.8 Å². The summed E-state index contributed by atoms with van der Waals surface area (Å²) in [6.45, 7) is 1.95. The first kappa shape index (κ1) is 15.3. The number of sulfonamides is 1. The van der Waals surface area contributed by atoms with Crippen molar-refractivity contribution in [3.8, 4) is 5.88 Å². The van der Waals surface area contributed by atoms with Gasteiger partial charge in [0.15, 0.2) is 5.88 Å². The predicted octanol–water partition coefficient (Wildman–Crippen LogP) is 2.58. The molecule has 0 unspecified atom stereocenters. The van der Waals surface area contributed by atoms with Gasteiger partial charge >= 0.3 is 0 Å². The van der Waals surface area contributed by atoms with Gasteiger partial charge in [-0.2, -0.15) is 0 Å². The Morgan fingerprint density at radius 1 is 1.17 bits per heavy atom. The number of aromatic amines is 1. The summed E-state index contributed by atoms with van der Waals surface area (Å²) in [4.78, 5) is 7.23. The van der Waals surface area contributed by atoms with Crippen LogP contribution in [-0.4, -0.2) is 24.7 Å². The maximum atomic E-state index is 11.2. The number of aromatic hydroxyl groups is 1. The Balaban J connectivity index is 1.97. The maximum absolute atomic E-state index is 11.2. The number of aryl methyl sites for hydroxylation is 1. The molecule has 7 heteroatoms. The first-order valence-electron chi connectivity index (χ1n) is 6.83. The molecule has 2 aromatic carbocycles. The van der Waals surface area contributed by atoms with E-state index in [1.807, 2.05) is 25.1 Å². The number of para-hydroxylation sites is 1. The smallest absolute Gasteiger partial charge is 0.238 e. The first-order valence-corrected chi connectivity index (χ1v) is 8.38. The van der Waals surface area contributed by atoms with Gasteiger partial charge in [-0.1, -0.05) is 18.2 Å². The van der Waals surface area contributed by atoms with Crippen LogP contribution < -0.4 is 5.14 Å². The van der Waals surface area contributed by atoms with Crippen molar-refractivity contribution < 1.29 is 13.5 Å². The van der Waals surface area contributed by atoms with Crippen LogP contribution in [0.2, 0.25) is 0 Å². The molecule has 0 aliphatic heterocycles. The minimum atomic E-state index is -3.71. The number of nitrogens with zero attached hydrogens (tertiary/aromatic N) is 1. The minimum Gasteiger partial charge on any atom is -0.494 e. The molecule has 6 nitrogen and oxygen atoms in total. The number of benzene rings is 2. The van der Waals surface area contributed by atoms with Crippen LogP contribution in [0.4, 0.5) is 5.69 Å². The molecule has 0 radical (unpaired) electrons. The van der Waals surface area contributed by atoms with Crippen molar-refractivity contribution >= 4 is 32.8 Å². The van der Waals surface area contributed by atoms with Gasteiger partial charge in [0.25, 0.3) is 0 Å². The normalized spacial score (nSPS) is 12.3. The van der Waals surface area contributed by atoms with Crippen molar-refractivity contribution in [1.82, 2.24) is 4.98 Å². The SMILES string of the molecule is Cc1cccc2c(C=Nc3ccc(S(N)(=O)=O)cc3)c(O)[nH]c12. The number of hydrogen-bond acceptors (Lipinski definition) is 4. The summed E-state index contributed by atoms with van der Waals surface area (Å²) < 4.78 is 22.4. The lowest BCUT2D eigenvalue weighted by molar-refractivity contribution is 0.457. The van der Waals surface area contributed by atoms with E-state index in [0.717, 1.165) is 16.5 Å². The third kappa shape index (κ3) is 2.96. The van der Waals surface area contributed by atoms with E-state index >= 15 is 0 Å². The number of aliphatic imine (C=N–C) groups is 1. The Morgan fingerprint density at radius 3 is 2.52 bits per heavy atom. The van der Waals surface area contributed by atoms with Crippen LogP contribution in [0, 0.1) is 6.92 Å². The topological polar surface area (TPSA) is 109 Å². The third-order valence-electron chi connectivity index (χ3n) is 3.57. The van der Waals surface area contributed by atoms with Crippen molar-refractivity contribution in [2.75, 3.05) is 0 Å². The highest BCUT2D eigenvalue weighted by atomic mass is 32.2. The Hall–Kier alpha value is -2.64. The lowest BCUT2D eigenvalue weighted by Gasteiger charge is -1.98. The monoisotopic (exact) mass is 329 g/mol. The van der Waals surface area contributed by atoms with E-state index in [4.69, 9.17) is 5.14 Å². The second kappa shape index (κ2) is 5.53. The van der Waals surface area contributed by atoms with E-state index in [9.17, 15) is 13.5 Å². The largest absolute Gasteiger partial charge is 0.494 e. The van der Waals surface area contributed by atoms with Crippen LogP contribution >= 0.6 is 0 Å². The van der Waals surface area contributed by atoms with E-state index in [1.165, 1.54) is 12.1 Å². The first-order chi connectivity index (χ1) is 10.9. The number of nitrogens with two attached hydrogens (primary N) is 1. The maximum Gasteiger partial charge on any atom is 0.238 e. The van der Waals surface area contributed by atoms with Crippen LogP contribution in [0.5, 0.6) is 5.88 Å². The van der Waals surface area contributed by atoms with Crippen LogP contribution in [-0.2, 0) is 10.0 Å². The highest BCUT2D eigenvalue weighted by molar-refractivity contribution is 7.89. The molecule has 0 spiro atoms. The van der Waals surface area contributed by atoms with Gasteiger partial charge in [0.05, 0.1) is 21.7 Å². The zero-order valence-corrected chi connectivity index (χ0v) is 13.1. The molecule has 0 bridgehead atoms. The summed E-state index contributed by atoms with van der Waals surface area (Å²) in [5, 5.41) is 16.0. The van der Waals surface area contributed by atoms with Crippen LogP contribution in [0.3, 0.4) is 0 Å². The van der Waals surface area contributed by atoms with Gasteiger partial charge in [-0.3, -0.25) is 4.99 Å². The lowest BCUT2D eigenvalue weighted by Crippen LogP contribution is -2.11. The quantitative estimate of drug-likeness (QED) is 0.642. The van der Waals surface area contributed by atoms with Gasteiger partial charge in [0.2, 0.25) is 10.0 Å². The Kier molecular flexibility index (Phi) is 3.67. The molecule has 0 amide bonds. The molecule has 0 aliphatic rings. The molecule has 1 aromatic heterocycles. The molecule has 0 saturated carbocycles. The summed E-state index contributed by atoms with van der Waals surface area (Å²) in [5.74, 6) is 0.0409. The van der Waals surface area contributed by atoms with Crippen molar-refractivity contribution in [2.24, 2.45) is 10.1 Å². The number of H-pyrrole nitrogens is 1. The number of hydrogen-bond donors (Lipinski definition) is 3. The van der Waals surface area contributed by atoms with Crippen LogP contribution in [0.25, 0.3) is 10.9 Å². The van der Waals surface area contributed by atoms with Crippen molar-refractivity contribution in [1.29, 1.82) is 0 Å². The zero-order valence-electron chi connectivity index (χ0n) is 12.3. The van der Waals surface area contributed by atoms with Gasteiger partial charge in [0.1, 0.15) is 0 Å². The van der Waals surface area contributed by atoms with Crippen molar-refractivity contribution in [3.63, 3.8) is 0 Å². The standard InChI is InChI=1S/C16H15N3O3S/c1-10-3-2-4-13-14(16(20)19-15(10)13)9-18-11-5-7-12(8-6-11)23(17,21)22/h2-9,19-20H,1H3,(H2,17,21,22). The molecular weight excluding hydrogens is 314 g/mol. The molecule has 0 atom stereocenters. The summed E-state index contributed by atoms with van der Waals surface area (Å²) in [5.41, 5.74) is 3.02. The molecule has 0 fully saturated rings. The zero-order chi connectivity index (χ0) is 16.6. The van der Waals surface area contributed by atoms with Gasteiger partial charge in [0, 0.05) is 11.6 Å². The minimum absolute atomic E-state index is 0.0296. The average molecular weight is 329 g/mol. The Bertz CT molecular complexity index is 1000. The molecule has 1 heterocycles. The predicted molar refractivity (Wildman–Crippen MR) is 89.8 cm³/mol. The summed E-state index contributed by atoms with van der Waals surface area (Å²) in [6, 6.07) is 11.6. The number of primary sulfonamides is 1. The molecule has 0 saturated heterocycles. The Labute approximate surface area is 133 Å². The Morgan fingerprint density at radius 2 is 1.87 bits per heavy atom. The van der Waals surface area contributed by atoms with Crippen LogP contribution in [0.1, 0.15) is 11.1 Å². The van der Waals surface area contributed by atoms with E-state index < -0.39 is 10.0 Å². The lowest BCUT2D eigenvalue weighted by atomic mass is 10.1. The third-order valence-corrected chi connectivity index (χ3v) is 4.50. The second-order valence-corrected chi connectivity index (χ2v) is 6.74. The molecule has 3 aromatic rings. The fraction of sp³-hybridized carbons (Fsp3) is 0.0625.